The van der Waals surface area contributed by atoms with E-state index in [2.05, 4.69) is 15.3 Å². The number of piperazine rings is 1. The van der Waals surface area contributed by atoms with Crippen molar-refractivity contribution in [1.82, 2.24) is 20.2 Å². The van der Waals surface area contributed by atoms with Gasteiger partial charge in [-0.2, -0.15) is 0 Å². The quantitative estimate of drug-likeness (QED) is 0.651. The van der Waals surface area contributed by atoms with Crippen molar-refractivity contribution in [2.24, 2.45) is 0 Å². The number of anilines is 1. The summed E-state index contributed by atoms with van der Waals surface area (Å²) >= 11 is 0. The summed E-state index contributed by atoms with van der Waals surface area (Å²) in [6, 6.07) is -0.500. The molecule has 7 nitrogen and oxygen atoms in total. The molecule has 1 saturated heterocycles. The molecular formula is C10H13N5O2. The molecule has 0 saturated carbocycles. The minimum absolute atomic E-state index is 0.159. The van der Waals surface area contributed by atoms with E-state index in [0.717, 1.165) is 0 Å². The Morgan fingerprint density at radius 2 is 2.35 bits per heavy atom. The number of nitrogen functional groups attached to an aromatic ring is 1. The zero-order chi connectivity index (χ0) is 12.4. The molecule has 0 aliphatic carbocycles. The molecule has 1 aromatic heterocycles. The third kappa shape index (κ3) is 2.17. The van der Waals surface area contributed by atoms with E-state index in [1.165, 1.54) is 17.3 Å². The molecule has 0 bridgehead atoms. The Bertz CT molecular complexity index is 462. The molecule has 1 aromatic rings. The third-order valence-corrected chi connectivity index (χ3v) is 2.63. The molecule has 1 fully saturated rings. The van der Waals surface area contributed by atoms with E-state index in [0.29, 0.717) is 13.1 Å². The standard InChI is InChI=1S/C10H13N5O2/c1-6-9(16)13-2-3-15(6)10(17)7-4-12-5-8(11)14-7/h4-6H,2-3H2,1H3,(H2,11,14)(H,13,16). The van der Waals surface area contributed by atoms with Gasteiger partial charge in [-0.25, -0.2) is 4.98 Å². The van der Waals surface area contributed by atoms with Crippen molar-refractivity contribution >= 4 is 17.6 Å². The van der Waals surface area contributed by atoms with Crippen molar-refractivity contribution in [2.75, 3.05) is 18.8 Å². The maximum atomic E-state index is 12.1. The number of nitrogens with two attached hydrogens (primary N) is 1. The molecule has 1 atom stereocenters. The normalized spacial score (nSPS) is 19.9. The summed E-state index contributed by atoms with van der Waals surface area (Å²) in [4.78, 5) is 32.7. The van der Waals surface area contributed by atoms with Crippen LogP contribution in [-0.4, -0.2) is 45.8 Å². The molecule has 90 valence electrons. The first kappa shape index (κ1) is 11.3. The summed E-state index contributed by atoms with van der Waals surface area (Å²) in [7, 11) is 0. The summed E-state index contributed by atoms with van der Waals surface area (Å²) in [6.07, 6.45) is 2.71. The van der Waals surface area contributed by atoms with Crippen molar-refractivity contribution in [3.05, 3.63) is 18.1 Å². The monoisotopic (exact) mass is 235 g/mol. The van der Waals surface area contributed by atoms with Crippen LogP contribution in [0.1, 0.15) is 17.4 Å². The van der Waals surface area contributed by atoms with E-state index in [4.69, 9.17) is 5.73 Å². The van der Waals surface area contributed by atoms with Gasteiger partial charge < -0.3 is 16.0 Å². The van der Waals surface area contributed by atoms with Crippen LogP contribution in [0.3, 0.4) is 0 Å². The Morgan fingerprint density at radius 3 is 3.06 bits per heavy atom. The fraction of sp³-hybridized carbons (Fsp3) is 0.400. The smallest absolute Gasteiger partial charge is 0.274 e. The number of hydrogen-bond acceptors (Lipinski definition) is 5. The summed E-state index contributed by atoms with van der Waals surface area (Å²) < 4.78 is 0. The van der Waals surface area contributed by atoms with E-state index in [-0.39, 0.29) is 23.3 Å². The van der Waals surface area contributed by atoms with Crippen LogP contribution in [0.4, 0.5) is 5.82 Å². The van der Waals surface area contributed by atoms with Gasteiger partial charge in [0.25, 0.3) is 5.91 Å². The number of carbonyl (C=O) groups excluding carboxylic acids is 2. The van der Waals surface area contributed by atoms with Gasteiger partial charge in [-0.05, 0) is 6.92 Å². The number of carbonyl (C=O) groups is 2. The molecule has 17 heavy (non-hydrogen) atoms. The van der Waals surface area contributed by atoms with Crippen molar-refractivity contribution in [1.29, 1.82) is 0 Å². The molecule has 1 aliphatic rings. The highest BCUT2D eigenvalue weighted by Crippen LogP contribution is 2.09. The zero-order valence-electron chi connectivity index (χ0n) is 9.38. The number of nitrogens with zero attached hydrogens (tertiary/aromatic N) is 3. The second-order valence-electron chi connectivity index (χ2n) is 3.79. The first-order chi connectivity index (χ1) is 8.09. The molecule has 1 aliphatic heterocycles. The zero-order valence-corrected chi connectivity index (χ0v) is 9.38. The van der Waals surface area contributed by atoms with Gasteiger partial charge >= 0.3 is 0 Å². The average molecular weight is 235 g/mol. The molecule has 0 aromatic carbocycles. The lowest BCUT2D eigenvalue weighted by Crippen LogP contribution is -2.56. The van der Waals surface area contributed by atoms with Crippen molar-refractivity contribution < 1.29 is 9.59 Å². The fourth-order valence-corrected chi connectivity index (χ4v) is 1.69. The number of aromatic nitrogens is 2. The Labute approximate surface area is 98.0 Å². The Kier molecular flexibility index (Phi) is 2.90. The second kappa shape index (κ2) is 4.36. The van der Waals surface area contributed by atoms with Crippen LogP contribution in [0.25, 0.3) is 0 Å². The van der Waals surface area contributed by atoms with E-state index in [9.17, 15) is 9.59 Å². The van der Waals surface area contributed by atoms with Crippen LogP contribution in [0.5, 0.6) is 0 Å². The Hall–Kier alpha value is -2.18. The van der Waals surface area contributed by atoms with Gasteiger partial charge in [0.05, 0.1) is 12.4 Å². The van der Waals surface area contributed by atoms with Crippen molar-refractivity contribution in [3.63, 3.8) is 0 Å². The summed E-state index contributed by atoms with van der Waals surface area (Å²) in [5, 5.41) is 2.69. The molecule has 2 rings (SSSR count). The first-order valence-corrected chi connectivity index (χ1v) is 5.26. The third-order valence-electron chi connectivity index (χ3n) is 2.63. The summed E-state index contributed by atoms with van der Waals surface area (Å²) in [6.45, 7) is 2.58. The van der Waals surface area contributed by atoms with Gasteiger partial charge in [0.1, 0.15) is 17.6 Å². The molecule has 2 heterocycles. The van der Waals surface area contributed by atoms with E-state index in [1.807, 2.05) is 0 Å². The van der Waals surface area contributed by atoms with Gasteiger partial charge in [-0.3, -0.25) is 14.6 Å². The molecule has 1 unspecified atom stereocenters. The minimum atomic E-state index is -0.500. The lowest BCUT2D eigenvalue weighted by atomic mass is 10.2. The number of hydrogen-bond donors (Lipinski definition) is 2. The molecule has 0 radical (unpaired) electrons. The van der Waals surface area contributed by atoms with Crippen LogP contribution in [-0.2, 0) is 4.79 Å². The molecule has 3 N–H and O–H groups in total. The van der Waals surface area contributed by atoms with E-state index >= 15 is 0 Å². The van der Waals surface area contributed by atoms with Crippen LogP contribution >= 0.6 is 0 Å². The van der Waals surface area contributed by atoms with Crippen molar-refractivity contribution in [3.8, 4) is 0 Å². The topological polar surface area (TPSA) is 101 Å². The number of rotatable bonds is 1. The summed E-state index contributed by atoms with van der Waals surface area (Å²) in [5.74, 6) is -0.307. The van der Waals surface area contributed by atoms with Gasteiger partial charge in [0, 0.05) is 13.1 Å². The van der Waals surface area contributed by atoms with E-state index in [1.54, 1.807) is 6.92 Å². The number of nitrogens with one attached hydrogen (secondary N) is 1. The number of amides is 2. The molecule has 2 amide bonds. The molecule has 7 heteroatoms. The van der Waals surface area contributed by atoms with Crippen LogP contribution in [0, 0.1) is 0 Å². The predicted octanol–water partition coefficient (Wildman–Crippen LogP) is -0.981. The Balaban J connectivity index is 2.22. The van der Waals surface area contributed by atoms with Crippen LogP contribution in [0.15, 0.2) is 12.4 Å². The predicted molar refractivity (Wildman–Crippen MR) is 60.0 cm³/mol. The van der Waals surface area contributed by atoms with Gasteiger partial charge in [0.15, 0.2) is 0 Å². The fourth-order valence-electron chi connectivity index (χ4n) is 1.69. The maximum absolute atomic E-state index is 12.1. The van der Waals surface area contributed by atoms with Crippen LogP contribution < -0.4 is 11.1 Å². The molecular weight excluding hydrogens is 222 g/mol. The second-order valence-corrected chi connectivity index (χ2v) is 3.79. The Morgan fingerprint density at radius 1 is 1.59 bits per heavy atom. The van der Waals surface area contributed by atoms with Gasteiger partial charge in [-0.1, -0.05) is 0 Å². The highest BCUT2D eigenvalue weighted by Gasteiger charge is 2.30. The maximum Gasteiger partial charge on any atom is 0.274 e. The summed E-state index contributed by atoms with van der Waals surface area (Å²) in [5.41, 5.74) is 5.62. The SMILES string of the molecule is CC1C(=O)NCCN1C(=O)c1cncc(N)n1. The van der Waals surface area contributed by atoms with E-state index < -0.39 is 6.04 Å². The molecule has 0 spiro atoms. The average Bonchev–Trinajstić information content (AvgIpc) is 2.32. The van der Waals surface area contributed by atoms with Crippen molar-refractivity contribution in [2.45, 2.75) is 13.0 Å². The largest absolute Gasteiger partial charge is 0.382 e. The van der Waals surface area contributed by atoms with Crippen LogP contribution in [0.2, 0.25) is 0 Å². The highest BCUT2D eigenvalue weighted by molar-refractivity contribution is 5.96. The lowest BCUT2D eigenvalue weighted by Gasteiger charge is -2.32. The lowest BCUT2D eigenvalue weighted by molar-refractivity contribution is -0.127. The minimum Gasteiger partial charge on any atom is -0.382 e. The van der Waals surface area contributed by atoms with Gasteiger partial charge in [0.2, 0.25) is 5.91 Å². The first-order valence-electron chi connectivity index (χ1n) is 5.26. The highest BCUT2D eigenvalue weighted by atomic mass is 16.2. The van der Waals surface area contributed by atoms with Gasteiger partial charge in [-0.15, -0.1) is 0 Å².